The van der Waals surface area contributed by atoms with Crippen LogP contribution in [0.25, 0.3) is 0 Å². The molecule has 0 aliphatic carbocycles. The van der Waals surface area contributed by atoms with Gasteiger partial charge in [0.2, 0.25) is 0 Å². The van der Waals surface area contributed by atoms with Crippen molar-refractivity contribution in [3.8, 4) is 0 Å². The maximum absolute atomic E-state index is 5.52. The Labute approximate surface area is 151 Å². The lowest BCUT2D eigenvalue weighted by molar-refractivity contribution is -0.106. The summed E-state index contributed by atoms with van der Waals surface area (Å²) in [6.45, 7) is 9.34. The highest BCUT2D eigenvalue weighted by Crippen LogP contribution is 2.39. The van der Waals surface area contributed by atoms with E-state index in [1.54, 1.807) is 0 Å². The maximum Gasteiger partial charge on any atom is 0.0557 e. The second-order valence-electron chi connectivity index (χ2n) is 8.63. The highest BCUT2D eigenvalue weighted by molar-refractivity contribution is 4.96. The molecule has 0 aromatic carbocycles. The van der Waals surface area contributed by atoms with E-state index in [2.05, 4.69) is 18.7 Å². The molecule has 1 unspecified atom stereocenters. The molecule has 142 valence electrons. The molecule has 2 aliphatic heterocycles. The van der Waals surface area contributed by atoms with E-state index in [0.717, 1.165) is 19.3 Å². The summed E-state index contributed by atoms with van der Waals surface area (Å²) >= 11 is 0. The van der Waals surface area contributed by atoms with Gasteiger partial charge in [0.25, 0.3) is 0 Å². The molecule has 2 nitrogen and oxygen atoms in total. The Morgan fingerprint density at radius 3 is 1.79 bits per heavy atom. The Hall–Kier alpha value is -0.0800. The Morgan fingerprint density at radius 1 is 0.792 bits per heavy atom. The normalized spacial score (nSPS) is 21.2. The highest BCUT2D eigenvalue weighted by Gasteiger charge is 2.45. The number of ether oxygens (including phenoxy) is 1. The second-order valence-corrected chi connectivity index (χ2v) is 8.63. The topological polar surface area (TPSA) is 12.5 Å². The number of nitrogens with zero attached hydrogens (tertiary/aromatic N) is 1. The molecule has 2 rings (SSSR count). The lowest BCUT2D eigenvalue weighted by atomic mass is 9.85. The number of rotatable bonds is 14. The molecule has 0 aromatic rings. The first-order valence-corrected chi connectivity index (χ1v) is 11.1. The molecule has 24 heavy (non-hydrogen) atoms. The van der Waals surface area contributed by atoms with Gasteiger partial charge in [-0.05, 0) is 25.8 Å². The summed E-state index contributed by atoms with van der Waals surface area (Å²) in [7, 11) is 0. The molecular formula is C22H43NO. The minimum Gasteiger partial charge on any atom is -0.380 e. The van der Waals surface area contributed by atoms with Crippen LogP contribution < -0.4 is 0 Å². The van der Waals surface area contributed by atoms with E-state index in [-0.39, 0.29) is 0 Å². The third-order valence-corrected chi connectivity index (χ3v) is 6.33. The maximum atomic E-state index is 5.52. The largest absolute Gasteiger partial charge is 0.380 e. The third kappa shape index (κ3) is 6.67. The van der Waals surface area contributed by atoms with Gasteiger partial charge < -0.3 is 4.74 Å². The monoisotopic (exact) mass is 337 g/mol. The lowest BCUT2D eigenvalue weighted by Crippen LogP contribution is -2.46. The van der Waals surface area contributed by atoms with Gasteiger partial charge in [-0.15, -0.1) is 0 Å². The van der Waals surface area contributed by atoms with E-state index in [0.29, 0.717) is 5.41 Å². The van der Waals surface area contributed by atoms with E-state index >= 15 is 0 Å². The van der Waals surface area contributed by atoms with Gasteiger partial charge in [-0.1, -0.05) is 84.5 Å². The summed E-state index contributed by atoms with van der Waals surface area (Å²) in [6.07, 6.45) is 20.0. The fraction of sp³-hybridized carbons (Fsp3) is 1.00. The molecular weight excluding hydrogens is 294 g/mol. The summed E-state index contributed by atoms with van der Waals surface area (Å²) in [4.78, 5) is 2.84. The van der Waals surface area contributed by atoms with Crippen LogP contribution in [0.15, 0.2) is 0 Å². The van der Waals surface area contributed by atoms with Crippen molar-refractivity contribution in [1.29, 1.82) is 0 Å². The third-order valence-electron chi connectivity index (χ3n) is 6.33. The van der Waals surface area contributed by atoms with Crippen molar-refractivity contribution in [3.05, 3.63) is 0 Å². The Balaban J connectivity index is 1.67. The standard InChI is InChI=1S/C22H43NO/c1-3-5-7-9-11-13-15-21(14-12-10-8-6-4-2)23-17-16-22(18-23)19-24-20-22/h21H,3-20H2,1-2H3. The van der Waals surface area contributed by atoms with Crippen molar-refractivity contribution in [1.82, 2.24) is 4.90 Å². The molecule has 0 radical (unpaired) electrons. The molecule has 1 spiro atoms. The minimum atomic E-state index is 0.557. The van der Waals surface area contributed by atoms with Gasteiger partial charge >= 0.3 is 0 Å². The Morgan fingerprint density at radius 2 is 1.33 bits per heavy atom. The van der Waals surface area contributed by atoms with Crippen molar-refractivity contribution in [3.63, 3.8) is 0 Å². The zero-order chi connectivity index (χ0) is 17.1. The van der Waals surface area contributed by atoms with Crippen LogP contribution in [0.1, 0.15) is 104 Å². The summed E-state index contributed by atoms with van der Waals surface area (Å²) in [5.41, 5.74) is 0.557. The SMILES string of the molecule is CCCCCCCCC(CCCCCCC)N1CCC2(COC2)C1. The van der Waals surface area contributed by atoms with E-state index in [1.165, 1.54) is 103 Å². The quantitative estimate of drug-likeness (QED) is 0.350. The first kappa shape index (κ1) is 20.2. The van der Waals surface area contributed by atoms with Crippen LogP contribution in [0.4, 0.5) is 0 Å². The summed E-state index contributed by atoms with van der Waals surface area (Å²) in [5.74, 6) is 0. The predicted molar refractivity (Wildman–Crippen MR) is 105 cm³/mol. The van der Waals surface area contributed by atoms with E-state index < -0.39 is 0 Å². The van der Waals surface area contributed by atoms with Gasteiger partial charge in [0.05, 0.1) is 13.2 Å². The molecule has 0 N–H and O–H groups in total. The summed E-state index contributed by atoms with van der Waals surface area (Å²) in [5, 5.41) is 0. The van der Waals surface area contributed by atoms with Crippen LogP contribution in [0.5, 0.6) is 0 Å². The van der Waals surface area contributed by atoms with Crippen molar-refractivity contribution >= 4 is 0 Å². The van der Waals surface area contributed by atoms with Crippen LogP contribution in [-0.4, -0.2) is 37.2 Å². The molecule has 2 saturated heterocycles. The van der Waals surface area contributed by atoms with Gasteiger partial charge in [0.1, 0.15) is 0 Å². The van der Waals surface area contributed by atoms with E-state index in [4.69, 9.17) is 4.74 Å². The zero-order valence-electron chi connectivity index (χ0n) is 16.7. The van der Waals surface area contributed by atoms with Crippen LogP contribution in [-0.2, 0) is 4.74 Å². The fourth-order valence-electron chi connectivity index (χ4n) is 4.56. The van der Waals surface area contributed by atoms with Gasteiger partial charge in [0.15, 0.2) is 0 Å². The van der Waals surface area contributed by atoms with Crippen molar-refractivity contribution < 1.29 is 4.74 Å². The van der Waals surface area contributed by atoms with E-state index in [1.807, 2.05) is 0 Å². The van der Waals surface area contributed by atoms with Crippen LogP contribution in [0.2, 0.25) is 0 Å². The van der Waals surface area contributed by atoms with Crippen LogP contribution in [0.3, 0.4) is 0 Å². The second kappa shape index (κ2) is 11.5. The van der Waals surface area contributed by atoms with Crippen molar-refractivity contribution in [2.45, 2.75) is 110 Å². The molecule has 2 aliphatic rings. The van der Waals surface area contributed by atoms with Gasteiger partial charge in [-0.2, -0.15) is 0 Å². The number of hydrogen-bond donors (Lipinski definition) is 0. The average Bonchev–Trinajstić information content (AvgIpc) is 3.02. The molecule has 1 atom stereocenters. The van der Waals surface area contributed by atoms with Crippen LogP contribution in [0, 0.1) is 5.41 Å². The predicted octanol–water partition coefficient (Wildman–Crippen LogP) is 6.19. The first-order valence-electron chi connectivity index (χ1n) is 11.1. The molecule has 0 aromatic heterocycles. The smallest absolute Gasteiger partial charge is 0.0557 e. The average molecular weight is 338 g/mol. The van der Waals surface area contributed by atoms with Crippen molar-refractivity contribution in [2.75, 3.05) is 26.3 Å². The summed E-state index contributed by atoms with van der Waals surface area (Å²) in [6, 6.07) is 0.859. The number of unbranched alkanes of at least 4 members (excludes halogenated alkanes) is 9. The van der Waals surface area contributed by atoms with E-state index in [9.17, 15) is 0 Å². The highest BCUT2D eigenvalue weighted by atomic mass is 16.5. The van der Waals surface area contributed by atoms with Gasteiger partial charge in [0, 0.05) is 18.0 Å². The number of hydrogen-bond acceptors (Lipinski definition) is 2. The van der Waals surface area contributed by atoms with Gasteiger partial charge in [-0.3, -0.25) is 4.90 Å². The first-order chi connectivity index (χ1) is 11.8. The fourth-order valence-corrected chi connectivity index (χ4v) is 4.56. The summed E-state index contributed by atoms with van der Waals surface area (Å²) < 4.78 is 5.52. The minimum absolute atomic E-state index is 0.557. The molecule has 0 saturated carbocycles. The Kier molecular flexibility index (Phi) is 9.71. The zero-order valence-corrected chi connectivity index (χ0v) is 16.7. The number of likely N-dealkylation sites (tertiary alicyclic amines) is 1. The molecule has 2 heteroatoms. The van der Waals surface area contributed by atoms with Gasteiger partial charge in [-0.25, -0.2) is 0 Å². The Bertz CT molecular complexity index is 313. The molecule has 2 heterocycles. The molecule has 0 amide bonds. The molecule has 2 fully saturated rings. The lowest BCUT2D eigenvalue weighted by Gasteiger charge is -2.39. The molecule has 0 bridgehead atoms. The van der Waals surface area contributed by atoms with Crippen molar-refractivity contribution in [2.24, 2.45) is 5.41 Å². The van der Waals surface area contributed by atoms with Crippen LogP contribution >= 0.6 is 0 Å².